The van der Waals surface area contributed by atoms with Gasteiger partial charge < -0.3 is 74.0 Å². The van der Waals surface area contributed by atoms with Gasteiger partial charge in [0.25, 0.3) is 0 Å². The van der Waals surface area contributed by atoms with Crippen LogP contribution in [0, 0.1) is 0 Å². The Kier molecular flexibility index (Phi) is 13.8. The molecular formula is C28H44NO18P. The topological polar surface area (TPSA) is 271 Å². The first-order valence-electron chi connectivity index (χ1n) is 15.0. The number of nitrogens with one attached hydrogen (secondary N) is 1. The third-order valence-corrected chi connectivity index (χ3v) is 8.93. The molecule has 19 nitrogen and oxygen atoms in total. The summed E-state index contributed by atoms with van der Waals surface area (Å²) in [6.45, 7) is 1.36. The Hall–Kier alpha value is -1.72. The zero-order valence-electron chi connectivity index (χ0n) is 26.5. The number of aliphatic hydroxyl groups excluding tert-OH is 6. The molecule has 48 heavy (non-hydrogen) atoms. The van der Waals surface area contributed by atoms with E-state index in [1.54, 1.807) is 24.3 Å². The van der Waals surface area contributed by atoms with E-state index < -0.39 is 113 Å². The second kappa shape index (κ2) is 17.0. The van der Waals surface area contributed by atoms with Crippen molar-refractivity contribution in [1.82, 2.24) is 5.32 Å². The zero-order valence-corrected chi connectivity index (χ0v) is 27.4. The van der Waals surface area contributed by atoms with Gasteiger partial charge in [0.15, 0.2) is 18.9 Å². The summed E-state index contributed by atoms with van der Waals surface area (Å²) in [4.78, 5) is 22.9. The number of phosphoric acid groups is 1. The molecule has 0 aliphatic carbocycles. The minimum absolute atomic E-state index is 0.0601. The van der Waals surface area contributed by atoms with Crippen molar-refractivity contribution < 1.29 is 87.1 Å². The second-order valence-corrected chi connectivity index (χ2v) is 12.9. The lowest BCUT2D eigenvalue weighted by molar-refractivity contribution is -0.366. The molecule has 3 saturated heterocycles. The van der Waals surface area contributed by atoms with Crippen molar-refractivity contribution in [3.05, 3.63) is 35.9 Å². The molecule has 8 N–H and O–H groups in total. The maximum absolute atomic E-state index is 13.1. The van der Waals surface area contributed by atoms with Gasteiger partial charge in [0, 0.05) is 26.7 Å². The van der Waals surface area contributed by atoms with Gasteiger partial charge in [-0.15, -0.1) is 0 Å². The molecule has 1 aromatic rings. The fourth-order valence-electron chi connectivity index (χ4n) is 5.46. The molecule has 4 rings (SSSR count). The molecule has 0 saturated carbocycles. The van der Waals surface area contributed by atoms with Gasteiger partial charge in [-0.25, -0.2) is 4.57 Å². The average Bonchev–Trinajstić information content (AvgIpc) is 3.06. The van der Waals surface area contributed by atoms with Gasteiger partial charge in [-0.3, -0.25) is 13.8 Å². The molecule has 1 amide bonds. The number of benzene rings is 1. The van der Waals surface area contributed by atoms with Crippen LogP contribution in [-0.2, 0) is 51.6 Å². The third kappa shape index (κ3) is 9.33. The Morgan fingerprint density at radius 3 is 2.27 bits per heavy atom. The highest BCUT2D eigenvalue weighted by atomic mass is 31.2. The quantitative estimate of drug-likeness (QED) is 0.0724. The molecule has 1 aromatic carbocycles. The first kappa shape index (κ1) is 39.1. The molecule has 20 heteroatoms. The van der Waals surface area contributed by atoms with Crippen LogP contribution in [0.3, 0.4) is 0 Å². The van der Waals surface area contributed by atoms with Crippen molar-refractivity contribution in [1.29, 1.82) is 0 Å². The van der Waals surface area contributed by atoms with E-state index in [-0.39, 0.29) is 6.61 Å². The first-order chi connectivity index (χ1) is 22.7. The Bertz CT molecular complexity index is 1210. The summed E-state index contributed by atoms with van der Waals surface area (Å²) in [5.41, 5.74) is 0.706. The first-order valence-corrected chi connectivity index (χ1v) is 16.5. The van der Waals surface area contributed by atoms with Gasteiger partial charge >= 0.3 is 7.82 Å². The van der Waals surface area contributed by atoms with E-state index in [1.807, 2.05) is 6.07 Å². The lowest BCUT2D eigenvalue weighted by Crippen LogP contribution is -2.68. The number of carbonyl (C=O) groups excluding carboxylic acids is 1. The van der Waals surface area contributed by atoms with Crippen molar-refractivity contribution in [2.24, 2.45) is 0 Å². The summed E-state index contributed by atoms with van der Waals surface area (Å²) in [7, 11) is -2.82. The Labute approximate surface area is 275 Å². The maximum atomic E-state index is 13.1. The number of aliphatic hydroxyl groups is 6. The molecule has 16 atom stereocenters. The molecule has 274 valence electrons. The van der Waals surface area contributed by atoms with Crippen LogP contribution in [0.15, 0.2) is 30.3 Å². The standard InChI is InChI=1S/C28H44NO18P/c1-12(30)18(32)21(35)28(47-48(37,38)42-11-15-19(33)20(34)22(36)27(40-4)43-15)46-26-17(29-13(2)31)24(39-3)23-16(44-26)10-41-25(45-23)14-8-6-5-7-9-14/h5-9,12,15-28,30,32-36H,10-11H2,1-4H3,(H,29,31)(H,37,38)/t12-,15-,16-,17-,18-,19-,20+,21-,22-,23+,24-,25?,26+,27-,28?/m1/s1. The van der Waals surface area contributed by atoms with Crippen molar-refractivity contribution >= 4 is 13.7 Å². The monoisotopic (exact) mass is 713 g/mol. The fourth-order valence-corrected chi connectivity index (χ4v) is 6.29. The van der Waals surface area contributed by atoms with E-state index in [0.717, 1.165) is 14.0 Å². The van der Waals surface area contributed by atoms with E-state index >= 15 is 0 Å². The molecule has 0 bridgehead atoms. The molecule has 0 spiro atoms. The van der Waals surface area contributed by atoms with Gasteiger partial charge in [-0.1, -0.05) is 30.3 Å². The smallest absolute Gasteiger partial charge is 0.391 e. The van der Waals surface area contributed by atoms with Crippen LogP contribution >= 0.6 is 7.82 Å². The molecule has 3 aliphatic rings. The predicted octanol–water partition coefficient (Wildman–Crippen LogP) is -2.62. The van der Waals surface area contributed by atoms with Gasteiger partial charge in [0.1, 0.15) is 61.0 Å². The van der Waals surface area contributed by atoms with Crippen LogP contribution in [-0.4, -0.2) is 155 Å². The molecule has 0 aromatic heterocycles. The van der Waals surface area contributed by atoms with Crippen molar-refractivity contribution in [2.45, 2.75) is 106 Å². The molecule has 3 fully saturated rings. The maximum Gasteiger partial charge on any atom is 0.474 e. The molecular weight excluding hydrogens is 669 g/mol. The van der Waals surface area contributed by atoms with Crippen molar-refractivity contribution in [3.63, 3.8) is 0 Å². The average molecular weight is 714 g/mol. The SMILES string of the molecule is CO[C@@H]1O[C@H](COP(=O)(O)OC(O[C@@H]2O[C@@H]3COC(c4ccccc4)O[C@@H]3[C@H](OC)[C@H]2NC(C)=O)[C@H](O)[C@H](O)[C@@H](C)O)[C@@H](O)[C@H](O)[C@H]1O. The number of carbonyl (C=O) groups is 1. The number of ether oxygens (including phenoxy) is 7. The number of hydrogen-bond donors (Lipinski definition) is 8. The van der Waals surface area contributed by atoms with E-state index in [9.17, 15) is 44.9 Å². The summed E-state index contributed by atoms with van der Waals surface area (Å²) in [6, 6.07) is 7.81. The van der Waals surface area contributed by atoms with E-state index in [4.69, 9.17) is 42.2 Å². The summed E-state index contributed by atoms with van der Waals surface area (Å²) < 4.78 is 62.9. The fraction of sp³-hybridized carbons (Fsp3) is 0.750. The number of rotatable bonds is 14. The summed E-state index contributed by atoms with van der Waals surface area (Å²) >= 11 is 0. The number of phosphoric ester groups is 1. The number of hydrogen-bond acceptors (Lipinski definition) is 17. The summed E-state index contributed by atoms with van der Waals surface area (Å²) in [6.07, 6.45) is -21.3. The van der Waals surface area contributed by atoms with Crippen molar-refractivity contribution in [3.8, 4) is 0 Å². The minimum Gasteiger partial charge on any atom is -0.391 e. The summed E-state index contributed by atoms with van der Waals surface area (Å²) in [5, 5.41) is 64.2. The van der Waals surface area contributed by atoms with Crippen LogP contribution in [0.4, 0.5) is 0 Å². The number of fused-ring (bicyclic) bond motifs is 1. The lowest BCUT2D eigenvalue weighted by atomic mass is 9.95. The Balaban J connectivity index is 1.54. The largest absolute Gasteiger partial charge is 0.474 e. The van der Waals surface area contributed by atoms with Crippen LogP contribution in [0.25, 0.3) is 0 Å². The van der Waals surface area contributed by atoms with Gasteiger partial charge in [0.05, 0.1) is 19.3 Å². The van der Waals surface area contributed by atoms with Gasteiger partial charge in [-0.2, -0.15) is 0 Å². The minimum atomic E-state index is -5.31. The highest BCUT2D eigenvalue weighted by molar-refractivity contribution is 7.47. The highest BCUT2D eigenvalue weighted by Crippen LogP contribution is 2.47. The van der Waals surface area contributed by atoms with Gasteiger partial charge in [0.2, 0.25) is 12.2 Å². The number of amides is 1. The zero-order chi connectivity index (χ0) is 35.3. The van der Waals surface area contributed by atoms with Gasteiger partial charge in [-0.05, 0) is 6.92 Å². The van der Waals surface area contributed by atoms with Crippen LogP contribution in [0.1, 0.15) is 25.7 Å². The van der Waals surface area contributed by atoms with Crippen LogP contribution in [0.2, 0.25) is 0 Å². The summed E-state index contributed by atoms with van der Waals surface area (Å²) in [5.74, 6) is -0.560. The van der Waals surface area contributed by atoms with E-state index in [1.165, 1.54) is 14.0 Å². The number of methoxy groups -OCH3 is 2. The molecule has 3 aliphatic heterocycles. The molecule has 3 heterocycles. The highest BCUT2D eigenvalue weighted by Gasteiger charge is 2.53. The molecule has 0 radical (unpaired) electrons. The van der Waals surface area contributed by atoms with E-state index in [0.29, 0.717) is 5.56 Å². The normalized spacial score (nSPS) is 37.8. The van der Waals surface area contributed by atoms with Crippen LogP contribution < -0.4 is 5.32 Å². The third-order valence-electron chi connectivity index (χ3n) is 7.98. The van der Waals surface area contributed by atoms with Crippen LogP contribution in [0.5, 0.6) is 0 Å². The predicted molar refractivity (Wildman–Crippen MR) is 156 cm³/mol. The molecule has 3 unspecified atom stereocenters. The van der Waals surface area contributed by atoms with Crippen molar-refractivity contribution in [2.75, 3.05) is 27.4 Å². The Morgan fingerprint density at radius 2 is 1.67 bits per heavy atom. The van der Waals surface area contributed by atoms with E-state index in [2.05, 4.69) is 5.32 Å². The lowest BCUT2D eigenvalue weighted by Gasteiger charge is -2.49. The Morgan fingerprint density at radius 1 is 0.979 bits per heavy atom. The second-order valence-electron chi connectivity index (χ2n) is 11.5.